The lowest BCUT2D eigenvalue weighted by atomic mass is 9.98. The Balaban J connectivity index is 1.80. The van der Waals surface area contributed by atoms with Crippen molar-refractivity contribution in [2.75, 3.05) is 16.2 Å². The minimum atomic E-state index is -3.74. The zero-order chi connectivity index (χ0) is 16.7. The monoisotopic (exact) mass is 340 g/mol. The smallest absolute Gasteiger partial charge is 0.261 e. The van der Waals surface area contributed by atoms with Crippen molar-refractivity contribution in [3.63, 3.8) is 0 Å². The third-order valence-electron chi connectivity index (χ3n) is 4.37. The molecule has 24 heavy (non-hydrogen) atoms. The van der Waals surface area contributed by atoms with Crippen molar-refractivity contribution in [2.45, 2.75) is 12.8 Å². The van der Waals surface area contributed by atoms with Crippen LogP contribution < -0.4 is 9.62 Å². The van der Waals surface area contributed by atoms with Crippen LogP contribution in [0.25, 0.3) is 6.08 Å². The number of sulfonamides is 1. The largest absolute Gasteiger partial charge is 0.323 e. The Bertz CT molecular complexity index is 964. The van der Waals surface area contributed by atoms with Crippen LogP contribution in [0.1, 0.15) is 17.5 Å². The van der Waals surface area contributed by atoms with E-state index in [0.717, 1.165) is 11.1 Å². The fourth-order valence-electron chi connectivity index (χ4n) is 3.17. The summed E-state index contributed by atoms with van der Waals surface area (Å²) < 4.78 is 27.5. The van der Waals surface area contributed by atoms with Crippen molar-refractivity contribution in [3.8, 4) is 0 Å². The van der Waals surface area contributed by atoms with Crippen molar-refractivity contribution in [2.24, 2.45) is 0 Å². The number of carbonyl (C=O) groups excluding carboxylic acids is 1. The molecule has 2 aliphatic rings. The van der Waals surface area contributed by atoms with Crippen LogP contribution in [0, 0.1) is 0 Å². The van der Waals surface area contributed by atoms with Crippen LogP contribution in [0.4, 0.5) is 11.4 Å². The van der Waals surface area contributed by atoms with E-state index in [4.69, 9.17) is 0 Å². The van der Waals surface area contributed by atoms with Crippen LogP contribution >= 0.6 is 0 Å². The first-order chi connectivity index (χ1) is 11.6. The number of nitrogens with zero attached hydrogens (tertiary/aromatic N) is 1. The normalized spacial score (nSPS) is 16.8. The summed E-state index contributed by atoms with van der Waals surface area (Å²) in [7, 11) is -3.74. The molecule has 0 aromatic heterocycles. The number of benzene rings is 2. The predicted molar refractivity (Wildman–Crippen MR) is 94.1 cm³/mol. The van der Waals surface area contributed by atoms with Gasteiger partial charge in [0, 0.05) is 0 Å². The fraction of sp³-hybridized carbons (Fsp3) is 0.167. The van der Waals surface area contributed by atoms with Gasteiger partial charge in [-0.2, -0.15) is 0 Å². The van der Waals surface area contributed by atoms with Crippen molar-refractivity contribution in [1.82, 2.24) is 0 Å². The van der Waals surface area contributed by atoms with Gasteiger partial charge < -0.3 is 5.32 Å². The minimum absolute atomic E-state index is 0.196. The number of para-hydroxylation sites is 2. The maximum absolute atomic E-state index is 13.1. The van der Waals surface area contributed by atoms with E-state index in [2.05, 4.69) is 5.32 Å². The molecule has 1 aliphatic carbocycles. The average Bonchev–Trinajstić information content (AvgIpc) is 2.60. The Hall–Kier alpha value is -2.60. The lowest BCUT2D eigenvalue weighted by molar-refractivity contribution is -0.115. The number of amides is 1. The molecular formula is C18H16N2O3S. The molecule has 0 saturated heterocycles. The van der Waals surface area contributed by atoms with Gasteiger partial charge >= 0.3 is 0 Å². The van der Waals surface area contributed by atoms with Gasteiger partial charge in [-0.3, -0.25) is 9.10 Å². The molecule has 4 rings (SSSR count). The quantitative estimate of drug-likeness (QED) is 0.914. The topological polar surface area (TPSA) is 66.5 Å². The van der Waals surface area contributed by atoms with Gasteiger partial charge in [0.25, 0.3) is 10.0 Å². The van der Waals surface area contributed by atoms with Gasteiger partial charge in [0.2, 0.25) is 5.91 Å². The molecule has 0 atom stereocenters. The summed E-state index contributed by atoms with van der Waals surface area (Å²) in [5, 5.41) is 2.72. The van der Waals surface area contributed by atoms with Gasteiger partial charge in [0.15, 0.2) is 0 Å². The zero-order valence-electron chi connectivity index (χ0n) is 12.9. The van der Waals surface area contributed by atoms with Gasteiger partial charge in [-0.15, -0.1) is 0 Å². The number of rotatable bonds is 2. The molecule has 122 valence electrons. The molecule has 0 unspecified atom stereocenters. The Morgan fingerprint density at radius 2 is 1.71 bits per heavy atom. The SMILES string of the molecule is O=C1CN(S(=O)(=O)C2=Cc3ccccc3CC2)c2ccccc2N1. The van der Waals surface area contributed by atoms with E-state index < -0.39 is 10.0 Å². The molecule has 1 N–H and O–H groups in total. The van der Waals surface area contributed by atoms with Gasteiger partial charge in [-0.25, -0.2) is 8.42 Å². The van der Waals surface area contributed by atoms with Crippen molar-refractivity contribution in [1.29, 1.82) is 0 Å². The molecule has 2 aromatic rings. The fourth-order valence-corrected chi connectivity index (χ4v) is 4.79. The number of carbonyl (C=O) groups is 1. The Morgan fingerprint density at radius 3 is 2.58 bits per heavy atom. The minimum Gasteiger partial charge on any atom is -0.323 e. The molecule has 5 nitrogen and oxygen atoms in total. The Labute approximate surface area is 140 Å². The number of aryl methyl sites for hydroxylation is 1. The highest BCUT2D eigenvalue weighted by Crippen LogP contribution is 2.36. The maximum Gasteiger partial charge on any atom is 0.261 e. The van der Waals surface area contributed by atoms with Crippen molar-refractivity contribution in [3.05, 3.63) is 64.6 Å². The van der Waals surface area contributed by atoms with Gasteiger partial charge in [-0.1, -0.05) is 36.4 Å². The van der Waals surface area contributed by atoms with Gasteiger partial charge in [0.1, 0.15) is 6.54 Å². The second-order valence-electron chi connectivity index (χ2n) is 5.89. The number of hydrogen-bond acceptors (Lipinski definition) is 3. The highest BCUT2D eigenvalue weighted by Gasteiger charge is 2.34. The van der Waals surface area contributed by atoms with Crippen LogP contribution in [-0.4, -0.2) is 20.9 Å². The first kappa shape index (κ1) is 15.0. The lowest BCUT2D eigenvalue weighted by Gasteiger charge is -2.31. The van der Waals surface area contributed by atoms with Crippen LogP contribution in [0.3, 0.4) is 0 Å². The van der Waals surface area contributed by atoms with E-state index in [1.54, 1.807) is 30.3 Å². The first-order valence-electron chi connectivity index (χ1n) is 7.76. The van der Waals surface area contributed by atoms with Crippen LogP contribution in [0.2, 0.25) is 0 Å². The summed E-state index contributed by atoms with van der Waals surface area (Å²) in [6.07, 6.45) is 2.85. The highest BCUT2D eigenvalue weighted by atomic mass is 32.2. The van der Waals surface area contributed by atoms with E-state index in [1.807, 2.05) is 24.3 Å². The number of hydrogen-bond donors (Lipinski definition) is 1. The van der Waals surface area contributed by atoms with E-state index >= 15 is 0 Å². The molecule has 6 heteroatoms. The van der Waals surface area contributed by atoms with Gasteiger partial charge in [-0.05, 0) is 42.2 Å². The zero-order valence-corrected chi connectivity index (χ0v) is 13.7. The summed E-state index contributed by atoms with van der Waals surface area (Å²) in [4.78, 5) is 12.3. The third-order valence-corrected chi connectivity index (χ3v) is 6.26. The summed E-state index contributed by atoms with van der Waals surface area (Å²) in [5.74, 6) is -0.325. The van der Waals surface area contributed by atoms with Crippen LogP contribution in [-0.2, 0) is 21.2 Å². The van der Waals surface area contributed by atoms with Crippen LogP contribution in [0.15, 0.2) is 53.4 Å². The molecule has 1 aliphatic heterocycles. The Kier molecular flexibility index (Phi) is 3.42. The second-order valence-corrected chi connectivity index (χ2v) is 7.80. The average molecular weight is 340 g/mol. The number of anilines is 2. The molecule has 1 amide bonds. The van der Waals surface area contributed by atoms with Crippen molar-refractivity contribution >= 4 is 33.4 Å². The number of allylic oxidation sites excluding steroid dienone is 1. The molecular weight excluding hydrogens is 324 g/mol. The first-order valence-corrected chi connectivity index (χ1v) is 9.20. The molecule has 1 heterocycles. The van der Waals surface area contributed by atoms with Crippen LogP contribution in [0.5, 0.6) is 0 Å². The van der Waals surface area contributed by atoms with Crippen molar-refractivity contribution < 1.29 is 13.2 Å². The molecule has 0 spiro atoms. The number of fused-ring (bicyclic) bond motifs is 2. The molecule has 0 fully saturated rings. The molecule has 0 bridgehead atoms. The van der Waals surface area contributed by atoms with E-state index in [0.29, 0.717) is 29.1 Å². The summed E-state index contributed by atoms with van der Waals surface area (Å²) in [6.45, 7) is -0.196. The lowest BCUT2D eigenvalue weighted by Crippen LogP contribution is -2.42. The van der Waals surface area contributed by atoms with E-state index in [9.17, 15) is 13.2 Å². The Morgan fingerprint density at radius 1 is 0.958 bits per heavy atom. The summed E-state index contributed by atoms with van der Waals surface area (Å²) >= 11 is 0. The predicted octanol–water partition coefficient (Wildman–Crippen LogP) is 2.76. The maximum atomic E-state index is 13.1. The van der Waals surface area contributed by atoms with E-state index in [1.165, 1.54) is 4.31 Å². The molecule has 0 saturated carbocycles. The van der Waals surface area contributed by atoms with Gasteiger partial charge in [0.05, 0.1) is 16.3 Å². The standard InChI is InChI=1S/C18H16N2O3S/c21-18-12-20(17-8-4-3-7-16(17)19-18)24(22,23)15-10-9-13-5-1-2-6-14(13)11-15/h1-8,11H,9-10,12H2,(H,19,21). The summed E-state index contributed by atoms with van der Waals surface area (Å²) in [5.41, 5.74) is 3.11. The highest BCUT2D eigenvalue weighted by molar-refractivity contribution is 7.96. The molecule has 2 aromatic carbocycles. The van der Waals surface area contributed by atoms with E-state index in [-0.39, 0.29) is 12.5 Å². The third kappa shape index (κ3) is 2.39. The second kappa shape index (κ2) is 5.49. The number of nitrogens with one attached hydrogen (secondary N) is 1. The summed E-state index contributed by atoms with van der Waals surface area (Å²) in [6, 6.07) is 14.7. The molecule has 0 radical (unpaired) electrons.